The predicted octanol–water partition coefficient (Wildman–Crippen LogP) is 5.15. The number of nitrogens with zero attached hydrogens (tertiary/aromatic N) is 2. The highest BCUT2D eigenvalue weighted by Crippen LogP contribution is 2.44. The van der Waals surface area contributed by atoms with Gasteiger partial charge >= 0.3 is 6.03 Å². The van der Waals surface area contributed by atoms with Crippen molar-refractivity contribution < 1.29 is 22.7 Å². The van der Waals surface area contributed by atoms with Crippen molar-refractivity contribution in [3.05, 3.63) is 65.6 Å². The number of nitrogens with one attached hydrogen (secondary N) is 2. The first-order chi connectivity index (χ1) is 16.7. The number of anilines is 1. The smallest absolute Gasteiger partial charge is 0.320 e. The lowest BCUT2D eigenvalue weighted by Gasteiger charge is -2.40. The number of hydrogen-bond acceptors (Lipinski definition) is 3. The average molecular weight is 480 g/mol. The number of rotatable bonds is 5. The molecule has 0 spiro atoms. The Morgan fingerprint density at radius 1 is 1.23 bits per heavy atom. The minimum absolute atomic E-state index is 0.0216. The van der Waals surface area contributed by atoms with Crippen molar-refractivity contribution in [2.75, 3.05) is 12.4 Å². The topological polar surface area (TPSA) is 68.2 Å². The molecule has 0 unspecified atom stereocenters. The molecule has 2 N–H and O–H groups in total. The van der Waals surface area contributed by atoms with Crippen molar-refractivity contribution >= 4 is 11.7 Å². The van der Waals surface area contributed by atoms with Crippen LogP contribution in [-0.4, -0.2) is 28.8 Å². The van der Waals surface area contributed by atoms with Crippen molar-refractivity contribution in [2.45, 2.75) is 37.8 Å². The summed E-state index contributed by atoms with van der Waals surface area (Å²) in [6, 6.07) is 10.7. The third-order valence-corrected chi connectivity index (χ3v) is 6.20. The Bertz CT molecular complexity index is 1350. The van der Waals surface area contributed by atoms with E-state index in [4.69, 9.17) is 4.74 Å². The fourth-order valence-corrected chi connectivity index (χ4v) is 4.08. The van der Waals surface area contributed by atoms with Gasteiger partial charge in [0.2, 0.25) is 0 Å². The maximum Gasteiger partial charge on any atom is 0.320 e. The fourth-order valence-electron chi connectivity index (χ4n) is 4.08. The first kappa shape index (κ1) is 22.8. The van der Waals surface area contributed by atoms with Gasteiger partial charge in [-0.1, -0.05) is 11.8 Å². The van der Waals surface area contributed by atoms with Crippen molar-refractivity contribution in [2.24, 2.45) is 5.92 Å². The molecule has 1 aliphatic heterocycles. The summed E-state index contributed by atoms with van der Waals surface area (Å²) in [5.74, 6) is 2.00. The van der Waals surface area contributed by atoms with Crippen LogP contribution >= 0.6 is 0 Å². The van der Waals surface area contributed by atoms with Gasteiger partial charge in [-0.25, -0.2) is 18.0 Å². The molecule has 0 saturated heterocycles. The Morgan fingerprint density at radius 3 is 2.63 bits per heavy atom. The first-order valence-electron chi connectivity index (χ1n) is 11.2. The van der Waals surface area contributed by atoms with Crippen LogP contribution in [0, 0.1) is 23.6 Å². The number of methoxy groups -OCH3 is 1. The molecule has 1 fully saturated rings. The highest BCUT2D eigenvalue weighted by atomic mass is 19.3. The third kappa shape index (κ3) is 4.32. The number of ether oxygens (including phenoxy) is 1. The Morgan fingerprint density at radius 2 is 1.97 bits per heavy atom. The van der Waals surface area contributed by atoms with E-state index in [1.54, 1.807) is 24.1 Å². The molecule has 6 nitrogen and oxygen atoms in total. The predicted molar refractivity (Wildman–Crippen MR) is 125 cm³/mol. The van der Waals surface area contributed by atoms with E-state index in [2.05, 4.69) is 27.6 Å². The van der Waals surface area contributed by atoms with E-state index in [9.17, 15) is 13.6 Å². The van der Waals surface area contributed by atoms with E-state index in [-0.39, 0.29) is 29.3 Å². The standard InChI is InChI=1S/C26H23F3N4O2/c1-25(28,29)26(11-9-16-3-4-16)20-14-21(27)18(13-23(20)30-24(34)31-26)15-33-12-10-22(32-33)17-5-7-19(35-2)8-6-17/h5-8,10,12-14,16H,3-4,15H2,1-2H3,(H2,30,31,34)/t26-/m0/s1. The number of carbonyl (C=O) groups is 1. The van der Waals surface area contributed by atoms with Crippen molar-refractivity contribution in [3.63, 3.8) is 0 Å². The second kappa shape index (κ2) is 8.38. The second-order valence-corrected chi connectivity index (χ2v) is 8.88. The molecular weight excluding hydrogens is 457 g/mol. The van der Waals surface area contributed by atoms with Gasteiger partial charge in [0.1, 0.15) is 11.6 Å². The molecule has 35 heavy (non-hydrogen) atoms. The van der Waals surface area contributed by atoms with Gasteiger partial charge in [0.25, 0.3) is 5.92 Å². The van der Waals surface area contributed by atoms with Crippen LogP contribution in [0.1, 0.15) is 30.9 Å². The van der Waals surface area contributed by atoms with Gasteiger partial charge in [-0.05, 0) is 55.3 Å². The Balaban J connectivity index is 1.48. The Hall–Kier alpha value is -3.93. The molecule has 1 saturated carbocycles. The van der Waals surface area contributed by atoms with Gasteiger partial charge in [0.05, 0.1) is 19.3 Å². The number of carbonyl (C=O) groups excluding carboxylic acids is 1. The van der Waals surface area contributed by atoms with Crippen LogP contribution in [0.25, 0.3) is 11.3 Å². The van der Waals surface area contributed by atoms with Gasteiger partial charge in [0.15, 0.2) is 5.54 Å². The van der Waals surface area contributed by atoms with E-state index < -0.39 is 23.3 Å². The summed E-state index contributed by atoms with van der Waals surface area (Å²) in [4.78, 5) is 12.4. The van der Waals surface area contributed by atoms with Crippen LogP contribution in [0.4, 0.5) is 23.7 Å². The SMILES string of the molecule is COc1ccc(-c2ccn(Cc3cc4c(cc3F)[C@@](C#CC3CC3)(C(C)(F)F)NC(=O)N4)n2)cc1. The molecule has 2 amide bonds. The van der Waals surface area contributed by atoms with Crippen LogP contribution < -0.4 is 15.4 Å². The lowest BCUT2D eigenvalue weighted by molar-refractivity contribution is -0.0465. The molecule has 2 heterocycles. The normalized spacial score (nSPS) is 19.2. The van der Waals surface area contributed by atoms with Crippen molar-refractivity contribution in [3.8, 4) is 28.8 Å². The number of hydrogen-bond donors (Lipinski definition) is 2. The monoisotopic (exact) mass is 480 g/mol. The molecule has 1 aliphatic carbocycles. The fraction of sp³-hybridized carbons (Fsp3) is 0.308. The third-order valence-electron chi connectivity index (χ3n) is 6.20. The minimum Gasteiger partial charge on any atom is -0.497 e. The van der Waals surface area contributed by atoms with Gasteiger partial charge in [0, 0.05) is 41.4 Å². The molecule has 0 bridgehead atoms. The minimum atomic E-state index is -3.45. The van der Waals surface area contributed by atoms with E-state index >= 15 is 4.39 Å². The highest BCUT2D eigenvalue weighted by Gasteiger charge is 2.55. The molecule has 180 valence electrons. The summed E-state index contributed by atoms with van der Waals surface area (Å²) in [5, 5.41) is 9.28. The maximum absolute atomic E-state index is 15.2. The lowest BCUT2D eigenvalue weighted by Crippen LogP contribution is -2.59. The van der Waals surface area contributed by atoms with Crippen molar-refractivity contribution in [1.82, 2.24) is 15.1 Å². The zero-order valence-corrected chi connectivity index (χ0v) is 19.2. The van der Waals surface area contributed by atoms with Crippen LogP contribution in [0.2, 0.25) is 0 Å². The van der Waals surface area contributed by atoms with Gasteiger partial charge in [-0.3, -0.25) is 4.68 Å². The molecule has 1 atom stereocenters. The summed E-state index contributed by atoms with van der Waals surface area (Å²) in [7, 11) is 1.58. The zero-order chi connectivity index (χ0) is 24.8. The quantitative estimate of drug-likeness (QED) is 0.497. The zero-order valence-electron chi connectivity index (χ0n) is 19.2. The van der Waals surface area contributed by atoms with E-state index in [1.807, 2.05) is 24.3 Å². The molecule has 0 radical (unpaired) electrons. The number of alkyl halides is 2. The second-order valence-electron chi connectivity index (χ2n) is 8.88. The van der Waals surface area contributed by atoms with E-state index in [0.717, 1.165) is 30.2 Å². The van der Waals surface area contributed by atoms with Crippen molar-refractivity contribution in [1.29, 1.82) is 0 Å². The van der Waals surface area contributed by atoms with Gasteiger partial charge < -0.3 is 15.4 Å². The summed E-state index contributed by atoms with van der Waals surface area (Å²) < 4.78 is 51.7. The largest absolute Gasteiger partial charge is 0.497 e. The van der Waals surface area contributed by atoms with Crippen LogP contribution in [0.5, 0.6) is 5.75 Å². The molecular formula is C26H23F3N4O2. The number of amides is 2. The number of fused-ring (bicyclic) bond motifs is 1. The van der Waals surface area contributed by atoms with E-state index in [1.165, 1.54) is 6.07 Å². The number of urea groups is 1. The lowest BCUT2D eigenvalue weighted by atomic mass is 9.81. The Labute approximate surface area is 200 Å². The molecule has 3 aromatic rings. The first-order valence-corrected chi connectivity index (χ1v) is 11.2. The number of benzene rings is 2. The van der Waals surface area contributed by atoms with Gasteiger partial charge in [-0.15, -0.1) is 0 Å². The molecule has 1 aromatic heterocycles. The molecule has 9 heteroatoms. The molecule has 2 aliphatic rings. The van der Waals surface area contributed by atoms with Crippen LogP contribution in [-0.2, 0) is 12.1 Å². The van der Waals surface area contributed by atoms with Gasteiger partial charge in [-0.2, -0.15) is 5.10 Å². The summed E-state index contributed by atoms with van der Waals surface area (Å²) in [6.07, 6.45) is 3.35. The number of aromatic nitrogens is 2. The Kier molecular flexibility index (Phi) is 5.47. The van der Waals surface area contributed by atoms with E-state index in [0.29, 0.717) is 12.6 Å². The average Bonchev–Trinajstić information content (AvgIpc) is 3.54. The summed E-state index contributed by atoms with van der Waals surface area (Å²) in [6.45, 7) is 0.724. The number of halogens is 3. The summed E-state index contributed by atoms with van der Waals surface area (Å²) in [5.41, 5.74) is -0.585. The molecule has 2 aromatic carbocycles. The van der Waals surface area contributed by atoms with Crippen LogP contribution in [0.3, 0.4) is 0 Å². The highest BCUT2D eigenvalue weighted by molar-refractivity contribution is 5.95. The maximum atomic E-state index is 15.2. The summed E-state index contributed by atoms with van der Waals surface area (Å²) >= 11 is 0. The van der Waals surface area contributed by atoms with Crippen LogP contribution in [0.15, 0.2) is 48.7 Å². The molecule has 5 rings (SSSR count).